The number of nitrogens with zero attached hydrogens (tertiary/aromatic N) is 2. The second-order valence-electron chi connectivity index (χ2n) is 6.56. The number of carbonyl (C=O) groups excluding carboxylic acids is 2. The zero-order chi connectivity index (χ0) is 21.9. The van der Waals surface area contributed by atoms with Gasteiger partial charge in [-0.1, -0.05) is 30.3 Å². The lowest BCUT2D eigenvalue weighted by molar-refractivity contribution is -0.121. The lowest BCUT2D eigenvalue weighted by atomic mass is 10.2. The fraction of sp³-hybridized carbons (Fsp3) is 0.429. The fourth-order valence-electron chi connectivity index (χ4n) is 2.63. The number of benzene rings is 1. The van der Waals surface area contributed by atoms with Crippen LogP contribution in [0.1, 0.15) is 52.2 Å². The lowest BCUT2D eigenvalue weighted by Crippen LogP contribution is -2.40. The molecule has 0 aliphatic carbocycles. The molecule has 0 fully saturated rings. The highest BCUT2D eigenvalue weighted by Gasteiger charge is 2.20. The number of guanidine groups is 1. The number of amides is 1. The highest BCUT2D eigenvalue weighted by atomic mass is 32.1. The van der Waals surface area contributed by atoms with E-state index in [1.165, 1.54) is 11.3 Å². The third-order valence-corrected chi connectivity index (χ3v) is 5.52. The highest BCUT2D eigenvalue weighted by Crippen LogP contribution is 2.24. The molecule has 9 heteroatoms. The molecule has 0 saturated carbocycles. The number of carbonyl (C=O) groups is 2. The Morgan fingerprint density at radius 2 is 1.97 bits per heavy atom. The summed E-state index contributed by atoms with van der Waals surface area (Å²) in [7, 11) is 1.66. The molecule has 2 rings (SSSR count). The van der Waals surface area contributed by atoms with Crippen LogP contribution in [-0.2, 0) is 16.1 Å². The summed E-state index contributed by atoms with van der Waals surface area (Å²) in [5.74, 6) is 0.170. The van der Waals surface area contributed by atoms with Crippen molar-refractivity contribution in [3.05, 3.63) is 51.5 Å². The van der Waals surface area contributed by atoms with E-state index in [-0.39, 0.29) is 17.9 Å². The Bertz CT molecular complexity index is 867. The Labute approximate surface area is 181 Å². The molecule has 0 bridgehead atoms. The molecular formula is C21H29N5O3S. The summed E-state index contributed by atoms with van der Waals surface area (Å²) in [6.45, 7) is 6.78. The van der Waals surface area contributed by atoms with Crippen LogP contribution in [-0.4, -0.2) is 43.0 Å². The molecule has 8 nitrogen and oxygen atoms in total. The topological polar surface area (TPSA) is 105 Å². The molecule has 0 radical (unpaired) electrons. The zero-order valence-electron chi connectivity index (χ0n) is 17.8. The van der Waals surface area contributed by atoms with Crippen LogP contribution in [0.5, 0.6) is 0 Å². The predicted octanol–water partition coefficient (Wildman–Crippen LogP) is 2.56. The van der Waals surface area contributed by atoms with E-state index in [0.717, 1.165) is 10.6 Å². The molecule has 1 unspecified atom stereocenters. The van der Waals surface area contributed by atoms with Crippen LogP contribution in [0.4, 0.5) is 0 Å². The van der Waals surface area contributed by atoms with Gasteiger partial charge in [0.05, 0.1) is 18.3 Å². The molecule has 0 aliphatic heterocycles. The summed E-state index contributed by atoms with van der Waals surface area (Å²) < 4.78 is 5.06. The molecular weight excluding hydrogens is 402 g/mol. The minimum atomic E-state index is -0.352. The first kappa shape index (κ1) is 23.3. The Hall–Kier alpha value is -2.94. The van der Waals surface area contributed by atoms with E-state index in [2.05, 4.69) is 25.9 Å². The van der Waals surface area contributed by atoms with Gasteiger partial charge in [0.1, 0.15) is 9.88 Å². The number of thiazole rings is 1. The average Bonchev–Trinajstić information content (AvgIpc) is 3.14. The van der Waals surface area contributed by atoms with Crippen molar-refractivity contribution in [3.63, 3.8) is 0 Å². The van der Waals surface area contributed by atoms with Crippen LogP contribution < -0.4 is 16.0 Å². The predicted molar refractivity (Wildman–Crippen MR) is 119 cm³/mol. The number of aryl methyl sites for hydroxylation is 1. The minimum Gasteiger partial charge on any atom is -0.462 e. The summed E-state index contributed by atoms with van der Waals surface area (Å²) in [5.41, 5.74) is 1.71. The van der Waals surface area contributed by atoms with Crippen molar-refractivity contribution in [2.24, 2.45) is 4.99 Å². The molecule has 0 aliphatic rings. The molecule has 2 aromatic rings. The van der Waals surface area contributed by atoms with E-state index < -0.39 is 0 Å². The molecule has 3 N–H and O–H groups in total. The van der Waals surface area contributed by atoms with Crippen molar-refractivity contribution in [1.82, 2.24) is 20.9 Å². The Balaban J connectivity index is 1.79. The second-order valence-corrected chi connectivity index (χ2v) is 7.60. The largest absolute Gasteiger partial charge is 0.462 e. The SMILES string of the molecule is CCOC(=O)c1sc(C(C)NC(=NC)NCCC(=O)NCc2ccccc2)nc1C. The van der Waals surface area contributed by atoms with Gasteiger partial charge in [0.2, 0.25) is 5.91 Å². The van der Waals surface area contributed by atoms with Crippen molar-refractivity contribution < 1.29 is 14.3 Å². The Kier molecular flexibility index (Phi) is 9.27. The van der Waals surface area contributed by atoms with E-state index in [9.17, 15) is 9.59 Å². The first-order valence-electron chi connectivity index (χ1n) is 9.86. The fourth-order valence-corrected chi connectivity index (χ4v) is 3.59. The molecule has 1 aromatic heterocycles. The van der Waals surface area contributed by atoms with E-state index in [1.54, 1.807) is 20.9 Å². The van der Waals surface area contributed by atoms with Crippen LogP contribution in [0.3, 0.4) is 0 Å². The standard InChI is InChI=1S/C21H29N5O3S/c1-5-29-20(28)18-14(2)25-19(30-18)15(3)26-21(22-4)23-12-11-17(27)24-13-16-9-7-6-8-10-16/h6-10,15H,5,11-13H2,1-4H3,(H,24,27)(H2,22,23,26). The van der Waals surface area contributed by atoms with Gasteiger partial charge in [0, 0.05) is 26.6 Å². The molecule has 1 heterocycles. The van der Waals surface area contributed by atoms with Crippen molar-refractivity contribution in [2.45, 2.75) is 39.8 Å². The third kappa shape index (κ3) is 7.14. The Morgan fingerprint density at radius 3 is 2.63 bits per heavy atom. The van der Waals surface area contributed by atoms with Gasteiger partial charge >= 0.3 is 5.97 Å². The summed E-state index contributed by atoms with van der Waals surface area (Å²) in [6, 6.07) is 9.62. The second kappa shape index (κ2) is 11.9. The normalized spacial score (nSPS) is 12.2. The molecule has 1 amide bonds. The zero-order valence-corrected chi connectivity index (χ0v) is 18.6. The van der Waals surface area contributed by atoms with Crippen molar-refractivity contribution >= 4 is 29.2 Å². The molecule has 0 spiro atoms. The van der Waals surface area contributed by atoms with Gasteiger partial charge in [-0.15, -0.1) is 11.3 Å². The van der Waals surface area contributed by atoms with Crippen LogP contribution in [0.15, 0.2) is 35.3 Å². The smallest absolute Gasteiger partial charge is 0.350 e. The summed E-state index contributed by atoms with van der Waals surface area (Å²) in [6.07, 6.45) is 0.325. The van der Waals surface area contributed by atoms with E-state index >= 15 is 0 Å². The summed E-state index contributed by atoms with van der Waals surface area (Å²) >= 11 is 1.31. The molecule has 30 heavy (non-hydrogen) atoms. The third-order valence-electron chi connectivity index (χ3n) is 4.20. The van der Waals surface area contributed by atoms with Gasteiger partial charge in [0.15, 0.2) is 5.96 Å². The monoisotopic (exact) mass is 431 g/mol. The van der Waals surface area contributed by atoms with Crippen molar-refractivity contribution in [1.29, 1.82) is 0 Å². The molecule has 1 atom stereocenters. The van der Waals surface area contributed by atoms with E-state index in [0.29, 0.717) is 42.6 Å². The van der Waals surface area contributed by atoms with E-state index in [4.69, 9.17) is 4.74 Å². The lowest BCUT2D eigenvalue weighted by Gasteiger charge is -2.16. The number of nitrogens with one attached hydrogen (secondary N) is 3. The number of aromatic nitrogens is 1. The first-order valence-corrected chi connectivity index (χ1v) is 10.7. The van der Waals surface area contributed by atoms with Crippen LogP contribution in [0, 0.1) is 6.92 Å². The maximum atomic E-state index is 12.0. The number of rotatable bonds is 9. The van der Waals surface area contributed by atoms with Crippen molar-refractivity contribution in [2.75, 3.05) is 20.2 Å². The van der Waals surface area contributed by atoms with Gasteiger partial charge in [-0.25, -0.2) is 9.78 Å². The number of esters is 1. The van der Waals surface area contributed by atoms with Crippen LogP contribution in [0.25, 0.3) is 0 Å². The average molecular weight is 432 g/mol. The van der Waals surface area contributed by atoms with Gasteiger partial charge < -0.3 is 20.7 Å². The van der Waals surface area contributed by atoms with E-state index in [1.807, 2.05) is 37.3 Å². The molecule has 1 aromatic carbocycles. The molecule has 0 saturated heterocycles. The van der Waals surface area contributed by atoms with Gasteiger partial charge in [-0.05, 0) is 26.3 Å². The van der Waals surface area contributed by atoms with Gasteiger partial charge in [0.25, 0.3) is 0 Å². The highest BCUT2D eigenvalue weighted by molar-refractivity contribution is 7.13. The minimum absolute atomic E-state index is 0.0375. The quantitative estimate of drug-likeness (QED) is 0.320. The summed E-state index contributed by atoms with van der Waals surface area (Å²) in [4.78, 5) is 33.2. The summed E-state index contributed by atoms with van der Waals surface area (Å²) in [5, 5.41) is 10.0. The number of hydrogen-bond donors (Lipinski definition) is 3. The van der Waals surface area contributed by atoms with Crippen LogP contribution >= 0.6 is 11.3 Å². The molecule has 162 valence electrons. The maximum Gasteiger partial charge on any atom is 0.350 e. The van der Waals surface area contributed by atoms with Gasteiger partial charge in [-0.2, -0.15) is 0 Å². The Morgan fingerprint density at radius 1 is 1.23 bits per heavy atom. The number of ether oxygens (including phenoxy) is 1. The van der Waals surface area contributed by atoms with Crippen molar-refractivity contribution in [3.8, 4) is 0 Å². The first-order chi connectivity index (χ1) is 14.4. The van der Waals surface area contributed by atoms with Gasteiger partial charge in [-0.3, -0.25) is 9.79 Å². The maximum absolute atomic E-state index is 12.0. The number of hydrogen-bond acceptors (Lipinski definition) is 6. The number of aliphatic imine (C=N–C) groups is 1. The van der Waals surface area contributed by atoms with Crippen LogP contribution in [0.2, 0.25) is 0 Å².